The van der Waals surface area contributed by atoms with E-state index < -0.39 is 5.91 Å². The van der Waals surface area contributed by atoms with Gasteiger partial charge in [0.25, 0.3) is 5.91 Å². The van der Waals surface area contributed by atoms with Crippen molar-refractivity contribution in [2.45, 2.75) is 25.4 Å². The number of nitrogens with two attached hydrogens (primary N) is 1. The monoisotopic (exact) mass is 381 g/mol. The largest absolute Gasteiger partial charge is 0.496 e. The molecule has 28 heavy (non-hydrogen) atoms. The van der Waals surface area contributed by atoms with Crippen molar-refractivity contribution >= 4 is 18.0 Å². The molecule has 1 atom stereocenters. The van der Waals surface area contributed by atoms with E-state index in [1.54, 1.807) is 20.3 Å². The fraction of sp³-hybridized carbons (Fsp3) is 0.333. The third-order valence-corrected chi connectivity index (χ3v) is 5.75. The molecule has 146 valence electrons. The lowest BCUT2D eigenvalue weighted by atomic mass is 9.83. The Morgan fingerprint density at radius 1 is 1.25 bits per heavy atom. The summed E-state index contributed by atoms with van der Waals surface area (Å²) in [6.07, 6.45) is 2.35. The highest BCUT2D eigenvalue weighted by molar-refractivity contribution is 5.96. The van der Waals surface area contributed by atoms with Crippen LogP contribution < -0.4 is 20.5 Å². The van der Waals surface area contributed by atoms with E-state index in [2.05, 4.69) is 10.2 Å². The van der Waals surface area contributed by atoms with Gasteiger partial charge in [0.1, 0.15) is 11.5 Å². The summed E-state index contributed by atoms with van der Waals surface area (Å²) in [6.45, 7) is 1.58. The van der Waals surface area contributed by atoms with Crippen molar-refractivity contribution in [1.82, 2.24) is 4.90 Å². The molecule has 3 N–H and O–H groups in total. The smallest absolute Gasteiger partial charge is 0.252 e. The minimum atomic E-state index is -0.484. The van der Waals surface area contributed by atoms with Crippen LogP contribution in [0.25, 0.3) is 0 Å². The highest BCUT2D eigenvalue weighted by atomic mass is 16.5. The molecule has 0 aliphatic carbocycles. The summed E-state index contributed by atoms with van der Waals surface area (Å²) in [7, 11) is 3.18. The SMILES string of the molecule is COc1cc2c(cc1NC=O)[C@@H]1Cc3ccc(C(N)=O)c(OC)c3CN1CC2. The number of methoxy groups -OCH3 is 2. The van der Waals surface area contributed by atoms with Gasteiger partial charge in [-0.2, -0.15) is 0 Å². The Bertz CT molecular complexity index is 957. The number of carbonyl (C=O) groups excluding carboxylic acids is 2. The first kappa shape index (κ1) is 18.3. The summed E-state index contributed by atoms with van der Waals surface area (Å²) in [4.78, 5) is 25.1. The molecule has 2 aromatic carbocycles. The summed E-state index contributed by atoms with van der Waals surface area (Å²) < 4.78 is 11.0. The maximum atomic E-state index is 11.8. The van der Waals surface area contributed by atoms with Crippen LogP contribution in [0.2, 0.25) is 0 Å². The second-order valence-electron chi connectivity index (χ2n) is 7.10. The molecule has 7 heteroatoms. The maximum absolute atomic E-state index is 11.8. The number of hydrogen-bond acceptors (Lipinski definition) is 5. The quantitative estimate of drug-likeness (QED) is 0.773. The molecule has 2 heterocycles. The van der Waals surface area contributed by atoms with Gasteiger partial charge in [-0.25, -0.2) is 0 Å². The topological polar surface area (TPSA) is 93.9 Å². The van der Waals surface area contributed by atoms with Gasteiger partial charge in [-0.3, -0.25) is 14.5 Å². The molecule has 0 fully saturated rings. The number of benzene rings is 2. The van der Waals surface area contributed by atoms with E-state index in [9.17, 15) is 9.59 Å². The number of amides is 2. The van der Waals surface area contributed by atoms with Crippen LogP contribution in [0.5, 0.6) is 11.5 Å². The number of rotatable bonds is 5. The first-order chi connectivity index (χ1) is 13.6. The molecule has 2 aromatic rings. The summed E-state index contributed by atoms with van der Waals surface area (Å²) >= 11 is 0. The molecule has 0 radical (unpaired) electrons. The van der Waals surface area contributed by atoms with Crippen molar-refractivity contribution in [2.75, 3.05) is 26.1 Å². The molecular formula is C21H23N3O4. The molecule has 0 spiro atoms. The van der Waals surface area contributed by atoms with Gasteiger partial charge in [-0.1, -0.05) is 6.07 Å². The number of ether oxygens (including phenoxy) is 2. The zero-order chi connectivity index (χ0) is 19.8. The molecule has 0 unspecified atom stereocenters. The van der Waals surface area contributed by atoms with Crippen molar-refractivity contribution in [2.24, 2.45) is 5.73 Å². The van der Waals surface area contributed by atoms with E-state index in [0.29, 0.717) is 35.7 Å². The number of carbonyl (C=O) groups is 2. The van der Waals surface area contributed by atoms with Crippen LogP contribution in [0.1, 0.15) is 38.7 Å². The molecule has 0 bridgehead atoms. The number of nitrogens with one attached hydrogen (secondary N) is 1. The number of nitrogens with zero attached hydrogens (tertiary/aromatic N) is 1. The Labute approximate surface area is 163 Å². The highest BCUT2D eigenvalue weighted by Crippen LogP contribution is 2.43. The van der Waals surface area contributed by atoms with Gasteiger partial charge in [-0.15, -0.1) is 0 Å². The van der Waals surface area contributed by atoms with Gasteiger partial charge >= 0.3 is 0 Å². The Morgan fingerprint density at radius 3 is 2.75 bits per heavy atom. The van der Waals surface area contributed by atoms with E-state index in [1.807, 2.05) is 18.2 Å². The lowest BCUT2D eigenvalue weighted by molar-refractivity contribution is -0.105. The van der Waals surface area contributed by atoms with Crippen molar-refractivity contribution in [3.8, 4) is 11.5 Å². The van der Waals surface area contributed by atoms with Crippen LogP contribution in [0, 0.1) is 0 Å². The van der Waals surface area contributed by atoms with Gasteiger partial charge in [-0.05, 0) is 47.7 Å². The van der Waals surface area contributed by atoms with Gasteiger partial charge < -0.3 is 20.5 Å². The predicted molar refractivity (Wildman–Crippen MR) is 105 cm³/mol. The van der Waals surface area contributed by atoms with Crippen LogP contribution >= 0.6 is 0 Å². The zero-order valence-electron chi connectivity index (χ0n) is 16.0. The number of anilines is 1. The molecule has 0 saturated heterocycles. The van der Waals surface area contributed by atoms with Crippen LogP contribution in [-0.2, 0) is 24.2 Å². The van der Waals surface area contributed by atoms with Gasteiger partial charge in [0.15, 0.2) is 0 Å². The Morgan fingerprint density at radius 2 is 2.07 bits per heavy atom. The number of primary amides is 1. The van der Waals surface area contributed by atoms with Gasteiger partial charge in [0.2, 0.25) is 6.41 Å². The lowest BCUT2D eigenvalue weighted by Gasteiger charge is -2.42. The minimum Gasteiger partial charge on any atom is -0.496 e. The van der Waals surface area contributed by atoms with Crippen LogP contribution in [0.3, 0.4) is 0 Å². The minimum absolute atomic E-state index is 0.193. The fourth-order valence-corrected chi connectivity index (χ4v) is 4.43. The molecule has 2 amide bonds. The number of hydrogen-bond donors (Lipinski definition) is 2. The van der Waals surface area contributed by atoms with E-state index in [0.717, 1.165) is 30.5 Å². The summed E-state index contributed by atoms with van der Waals surface area (Å²) in [5.74, 6) is 0.762. The lowest BCUT2D eigenvalue weighted by Crippen LogP contribution is -2.39. The Kier molecular flexibility index (Phi) is 4.68. The highest BCUT2D eigenvalue weighted by Gasteiger charge is 2.35. The zero-order valence-corrected chi connectivity index (χ0v) is 16.0. The molecule has 0 aromatic heterocycles. The van der Waals surface area contributed by atoms with Crippen molar-refractivity contribution in [1.29, 1.82) is 0 Å². The third kappa shape index (κ3) is 2.88. The number of fused-ring (bicyclic) bond motifs is 4. The molecule has 0 saturated carbocycles. The molecular weight excluding hydrogens is 358 g/mol. The predicted octanol–water partition coefficient (Wildman–Crippen LogP) is 2.03. The molecule has 4 rings (SSSR count). The van der Waals surface area contributed by atoms with Crippen molar-refractivity contribution in [3.05, 3.63) is 52.1 Å². The van der Waals surface area contributed by atoms with Crippen LogP contribution in [0.4, 0.5) is 5.69 Å². The second-order valence-corrected chi connectivity index (χ2v) is 7.10. The van der Waals surface area contributed by atoms with E-state index >= 15 is 0 Å². The van der Waals surface area contributed by atoms with E-state index in [1.165, 1.54) is 11.1 Å². The Hall–Kier alpha value is -3.06. The summed E-state index contributed by atoms with van der Waals surface area (Å²) in [5.41, 5.74) is 11.2. The normalized spacial score (nSPS) is 17.7. The molecule has 2 aliphatic rings. The average molecular weight is 381 g/mol. The second kappa shape index (κ2) is 7.16. The summed E-state index contributed by atoms with van der Waals surface area (Å²) in [6, 6.07) is 7.94. The van der Waals surface area contributed by atoms with Gasteiger partial charge in [0.05, 0.1) is 25.5 Å². The van der Waals surface area contributed by atoms with E-state index in [4.69, 9.17) is 15.2 Å². The van der Waals surface area contributed by atoms with Gasteiger partial charge in [0, 0.05) is 24.7 Å². The first-order valence-corrected chi connectivity index (χ1v) is 9.21. The average Bonchev–Trinajstić information content (AvgIpc) is 2.71. The standard InChI is InChI=1S/C21H23N3O4/c1-27-19-8-13-5-6-24-10-16-12(3-4-14(21(22)26)20(16)28-2)7-18(24)15(13)9-17(19)23-11-25/h3-4,8-9,11,18H,5-7,10H2,1-2H3,(H2,22,26)(H,23,25)/t18-/m0/s1. The Balaban J connectivity index is 1.77. The first-order valence-electron chi connectivity index (χ1n) is 9.21. The molecule has 7 nitrogen and oxygen atoms in total. The van der Waals surface area contributed by atoms with E-state index in [-0.39, 0.29) is 6.04 Å². The summed E-state index contributed by atoms with van der Waals surface area (Å²) in [5, 5.41) is 2.73. The maximum Gasteiger partial charge on any atom is 0.252 e. The van der Waals surface area contributed by atoms with Crippen LogP contribution in [0.15, 0.2) is 24.3 Å². The third-order valence-electron chi connectivity index (χ3n) is 5.75. The fourth-order valence-electron chi connectivity index (χ4n) is 4.43. The molecule has 2 aliphatic heterocycles. The van der Waals surface area contributed by atoms with Crippen molar-refractivity contribution in [3.63, 3.8) is 0 Å². The van der Waals surface area contributed by atoms with Crippen molar-refractivity contribution < 1.29 is 19.1 Å². The van der Waals surface area contributed by atoms with Crippen LogP contribution in [-0.4, -0.2) is 38.0 Å².